The predicted molar refractivity (Wildman–Crippen MR) is 82.4 cm³/mol. The molecule has 0 saturated heterocycles. The molecule has 0 atom stereocenters. The molecule has 0 fully saturated rings. The Kier molecular flexibility index (Phi) is 3.50. The molecule has 0 saturated carbocycles. The molecule has 1 aliphatic rings. The lowest BCUT2D eigenvalue weighted by Crippen LogP contribution is -2.33. The molecule has 0 N–H and O–H groups in total. The minimum absolute atomic E-state index is 0.148. The van der Waals surface area contributed by atoms with Gasteiger partial charge in [0.2, 0.25) is 0 Å². The van der Waals surface area contributed by atoms with E-state index in [2.05, 4.69) is 9.89 Å². The van der Waals surface area contributed by atoms with E-state index < -0.39 is 0 Å². The molecular weight excluding hydrogens is 248 g/mol. The number of rotatable bonds is 3. The Morgan fingerprint density at radius 2 is 2.00 bits per heavy atom. The number of hydrogen-bond acceptors (Lipinski definition) is 3. The van der Waals surface area contributed by atoms with Crippen molar-refractivity contribution in [2.45, 2.75) is 12.8 Å². The number of nitrogens with zero attached hydrogens (tertiary/aromatic N) is 2. The average molecular weight is 266 g/mol. The summed E-state index contributed by atoms with van der Waals surface area (Å²) in [4.78, 5) is 19.1. The number of hydrogen-bond donors (Lipinski definition) is 0. The van der Waals surface area contributed by atoms with Gasteiger partial charge in [-0.25, -0.2) is 0 Å². The van der Waals surface area contributed by atoms with Gasteiger partial charge in [0, 0.05) is 25.7 Å². The molecule has 0 spiro atoms. The van der Waals surface area contributed by atoms with Gasteiger partial charge in [0.25, 0.3) is 0 Å². The van der Waals surface area contributed by atoms with Gasteiger partial charge >= 0.3 is 0 Å². The van der Waals surface area contributed by atoms with E-state index in [0.29, 0.717) is 6.42 Å². The molecule has 102 valence electrons. The number of carbonyl (C=O) groups is 1. The number of fused-ring (bicyclic) bond motifs is 1. The van der Waals surface area contributed by atoms with Crippen LogP contribution in [0, 0.1) is 0 Å². The van der Waals surface area contributed by atoms with Gasteiger partial charge in [-0.3, -0.25) is 9.79 Å². The maximum Gasteiger partial charge on any atom is 0.170 e. The first-order valence-electron chi connectivity index (χ1n) is 7.01. The normalized spacial score (nSPS) is 15.2. The predicted octanol–water partition coefficient (Wildman–Crippen LogP) is 3.15. The molecule has 0 radical (unpaired) electrons. The molecule has 0 unspecified atom stereocenters. The highest BCUT2D eigenvalue weighted by Gasteiger charge is 2.17. The topological polar surface area (TPSA) is 32.7 Å². The number of aliphatic imine (C=N–C) groups is 1. The van der Waals surface area contributed by atoms with Crippen molar-refractivity contribution < 1.29 is 4.79 Å². The summed E-state index contributed by atoms with van der Waals surface area (Å²) in [6.07, 6.45) is 1.47. The minimum atomic E-state index is 0.148. The number of Topliss-reactive ketones (excluding diaryl/α,β-unsaturated/α-hetero) is 1. The van der Waals surface area contributed by atoms with Gasteiger partial charge in [-0.05, 0) is 17.2 Å². The second-order valence-corrected chi connectivity index (χ2v) is 5.20. The first-order chi connectivity index (χ1) is 9.75. The Hall–Kier alpha value is -2.16. The van der Waals surface area contributed by atoms with E-state index in [1.54, 1.807) is 0 Å². The molecule has 1 heterocycles. The Balaban J connectivity index is 1.91. The zero-order valence-corrected chi connectivity index (χ0v) is 11.7. The molecule has 0 aromatic heterocycles. The van der Waals surface area contributed by atoms with Crippen LogP contribution in [-0.4, -0.2) is 36.7 Å². The third kappa shape index (κ3) is 2.44. The summed E-state index contributed by atoms with van der Waals surface area (Å²) in [5, 5.41) is 2.14. The van der Waals surface area contributed by atoms with Crippen LogP contribution >= 0.6 is 0 Å². The van der Waals surface area contributed by atoms with E-state index in [-0.39, 0.29) is 5.78 Å². The van der Waals surface area contributed by atoms with Gasteiger partial charge < -0.3 is 4.90 Å². The van der Waals surface area contributed by atoms with Crippen LogP contribution in [0.3, 0.4) is 0 Å². The largest absolute Gasteiger partial charge is 0.363 e. The molecular formula is C17H18N2O. The van der Waals surface area contributed by atoms with Crippen molar-refractivity contribution in [2.75, 3.05) is 20.1 Å². The van der Waals surface area contributed by atoms with Crippen molar-refractivity contribution in [3.63, 3.8) is 0 Å². The average Bonchev–Trinajstić information content (AvgIpc) is 2.49. The molecule has 3 nitrogen and oxygen atoms in total. The molecule has 3 rings (SSSR count). The molecule has 20 heavy (non-hydrogen) atoms. The van der Waals surface area contributed by atoms with Crippen molar-refractivity contribution >= 4 is 22.4 Å². The van der Waals surface area contributed by atoms with Crippen LogP contribution in [-0.2, 0) is 0 Å². The van der Waals surface area contributed by atoms with E-state index in [0.717, 1.165) is 41.7 Å². The molecule has 0 amide bonds. The third-order valence-electron chi connectivity index (χ3n) is 3.80. The van der Waals surface area contributed by atoms with Crippen LogP contribution in [0.2, 0.25) is 0 Å². The van der Waals surface area contributed by atoms with Gasteiger partial charge in [-0.1, -0.05) is 42.5 Å². The highest BCUT2D eigenvalue weighted by atomic mass is 16.1. The fraction of sp³-hybridized carbons (Fsp3) is 0.294. The Labute approximate surface area is 118 Å². The van der Waals surface area contributed by atoms with Gasteiger partial charge in [-0.2, -0.15) is 0 Å². The summed E-state index contributed by atoms with van der Waals surface area (Å²) >= 11 is 0. The number of amidine groups is 1. The maximum atomic E-state index is 12.6. The quantitative estimate of drug-likeness (QED) is 0.799. The van der Waals surface area contributed by atoms with E-state index in [4.69, 9.17) is 0 Å². The van der Waals surface area contributed by atoms with Gasteiger partial charge in [0.15, 0.2) is 5.78 Å². The van der Waals surface area contributed by atoms with Crippen molar-refractivity contribution in [1.82, 2.24) is 4.90 Å². The van der Waals surface area contributed by atoms with Crippen molar-refractivity contribution in [3.8, 4) is 0 Å². The van der Waals surface area contributed by atoms with Crippen LogP contribution in [0.4, 0.5) is 0 Å². The zero-order valence-electron chi connectivity index (χ0n) is 11.7. The highest BCUT2D eigenvalue weighted by Crippen LogP contribution is 2.20. The second-order valence-electron chi connectivity index (χ2n) is 5.20. The first-order valence-corrected chi connectivity index (χ1v) is 7.01. The molecule has 2 aromatic rings. The van der Waals surface area contributed by atoms with Gasteiger partial charge in [0.05, 0.1) is 6.42 Å². The fourth-order valence-electron chi connectivity index (χ4n) is 2.66. The Bertz CT molecular complexity index is 670. The van der Waals surface area contributed by atoms with Gasteiger partial charge in [-0.15, -0.1) is 0 Å². The zero-order chi connectivity index (χ0) is 13.9. The molecule has 0 bridgehead atoms. The van der Waals surface area contributed by atoms with Crippen molar-refractivity contribution in [2.24, 2.45) is 4.99 Å². The van der Waals surface area contributed by atoms with E-state index in [1.807, 2.05) is 49.5 Å². The Morgan fingerprint density at radius 1 is 1.20 bits per heavy atom. The summed E-state index contributed by atoms with van der Waals surface area (Å²) < 4.78 is 0. The third-order valence-corrected chi connectivity index (χ3v) is 3.80. The van der Waals surface area contributed by atoms with Crippen LogP contribution in [0.15, 0.2) is 47.5 Å². The molecule has 0 aliphatic carbocycles. The first kappa shape index (κ1) is 12.9. The summed E-state index contributed by atoms with van der Waals surface area (Å²) in [5.74, 6) is 1.06. The van der Waals surface area contributed by atoms with Crippen molar-refractivity contribution in [3.05, 3.63) is 48.0 Å². The van der Waals surface area contributed by atoms with Crippen LogP contribution in [0.5, 0.6) is 0 Å². The van der Waals surface area contributed by atoms with Crippen molar-refractivity contribution in [1.29, 1.82) is 0 Å². The number of carbonyl (C=O) groups excluding carboxylic acids is 1. The second kappa shape index (κ2) is 5.45. The number of ketones is 1. The summed E-state index contributed by atoms with van der Waals surface area (Å²) in [6.45, 7) is 1.82. The maximum absolute atomic E-state index is 12.6. The summed E-state index contributed by atoms with van der Waals surface area (Å²) in [5.41, 5.74) is 0.796. The van der Waals surface area contributed by atoms with E-state index in [9.17, 15) is 4.79 Å². The minimum Gasteiger partial charge on any atom is -0.363 e. The fourth-order valence-corrected chi connectivity index (χ4v) is 2.66. The van der Waals surface area contributed by atoms with Crippen LogP contribution in [0.25, 0.3) is 10.8 Å². The molecule has 1 aliphatic heterocycles. The monoisotopic (exact) mass is 266 g/mol. The van der Waals surface area contributed by atoms with Gasteiger partial charge in [0.1, 0.15) is 5.84 Å². The molecule has 3 heteroatoms. The summed E-state index contributed by atoms with van der Waals surface area (Å²) in [6, 6.07) is 13.9. The standard InChI is InChI=1S/C17H18N2O/c1-19-11-5-10-18-17(19)12-16(20)15-9-4-7-13-6-2-3-8-14(13)15/h2-4,6-9H,5,10-12H2,1H3. The smallest absolute Gasteiger partial charge is 0.170 e. The summed E-state index contributed by atoms with van der Waals surface area (Å²) in [7, 11) is 2.01. The molecule has 2 aromatic carbocycles. The lowest BCUT2D eigenvalue weighted by atomic mass is 9.99. The van der Waals surface area contributed by atoms with Crippen LogP contribution in [0.1, 0.15) is 23.2 Å². The van der Waals surface area contributed by atoms with E-state index >= 15 is 0 Å². The van der Waals surface area contributed by atoms with E-state index in [1.165, 1.54) is 0 Å². The highest BCUT2D eigenvalue weighted by molar-refractivity contribution is 6.15. The SMILES string of the molecule is CN1CCCN=C1CC(=O)c1cccc2ccccc12. The van der Waals surface area contributed by atoms with Crippen LogP contribution < -0.4 is 0 Å². The Morgan fingerprint density at radius 3 is 2.85 bits per heavy atom. The number of benzene rings is 2. The lowest BCUT2D eigenvalue weighted by Gasteiger charge is -2.24. The lowest BCUT2D eigenvalue weighted by molar-refractivity contribution is 0.0999.